The number of benzene rings is 1. The molecule has 0 radical (unpaired) electrons. The highest BCUT2D eigenvalue weighted by atomic mass is 79.9. The van der Waals surface area contributed by atoms with Crippen LogP contribution < -0.4 is 0 Å². The molecular formula is C11H9BrFNO. The van der Waals surface area contributed by atoms with E-state index >= 15 is 0 Å². The van der Waals surface area contributed by atoms with Gasteiger partial charge in [0.1, 0.15) is 11.7 Å². The Kier molecular flexibility index (Phi) is 3.98. The smallest absolute Gasteiger partial charge is 0.184 e. The van der Waals surface area contributed by atoms with Crippen LogP contribution in [0.4, 0.5) is 4.39 Å². The molecule has 0 saturated carbocycles. The van der Waals surface area contributed by atoms with Gasteiger partial charge in [0.05, 0.1) is 11.6 Å². The topological polar surface area (TPSA) is 40.9 Å². The summed E-state index contributed by atoms with van der Waals surface area (Å²) in [6.45, 7) is 1.72. The number of ketones is 1. The van der Waals surface area contributed by atoms with Crippen LogP contribution in [0.3, 0.4) is 0 Å². The molecule has 78 valence electrons. The summed E-state index contributed by atoms with van der Waals surface area (Å²) in [4.78, 5) is 11.8. The Morgan fingerprint density at radius 1 is 1.67 bits per heavy atom. The Morgan fingerprint density at radius 3 is 2.80 bits per heavy atom. The van der Waals surface area contributed by atoms with Crippen molar-refractivity contribution in [3.63, 3.8) is 0 Å². The van der Waals surface area contributed by atoms with E-state index in [0.29, 0.717) is 10.9 Å². The van der Waals surface area contributed by atoms with Crippen molar-refractivity contribution in [1.82, 2.24) is 0 Å². The molecule has 1 aromatic carbocycles. The molecule has 0 bridgehead atoms. The monoisotopic (exact) mass is 269 g/mol. The van der Waals surface area contributed by atoms with Crippen LogP contribution in [0.1, 0.15) is 23.7 Å². The third kappa shape index (κ3) is 2.42. The maximum absolute atomic E-state index is 13.4. The SMILES string of the molecule is CCC(C#N)C(=O)c1c(F)cccc1Br. The van der Waals surface area contributed by atoms with Crippen molar-refractivity contribution in [1.29, 1.82) is 5.26 Å². The Bertz CT molecular complexity index is 405. The quantitative estimate of drug-likeness (QED) is 0.790. The van der Waals surface area contributed by atoms with Gasteiger partial charge in [0, 0.05) is 4.47 Å². The predicted octanol–water partition coefficient (Wildman–Crippen LogP) is 3.32. The molecule has 0 aliphatic carbocycles. The molecule has 15 heavy (non-hydrogen) atoms. The lowest BCUT2D eigenvalue weighted by molar-refractivity contribution is 0.0942. The highest BCUT2D eigenvalue weighted by Crippen LogP contribution is 2.23. The molecule has 2 nitrogen and oxygen atoms in total. The van der Waals surface area contributed by atoms with Crippen molar-refractivity contribution in [2.45, 2.75) is 13.3 Å². The first-order valence-electron chi connectivity index (χ1n) is 4.49. The van der Waals surface area contributed by atoms with E-state index in [-0.39, 0.29) is 5.56 Å². The van der Waals surface area contributed by atoms with Crippen LogP contribution in [-0.4, -0.2) is 5.78 Å². The number of carbonyl (C=O) groups excluding carboxylic acids is 1. The third-order valence-corrected chi connectivity index (χ3v) is 2.75. The number of hydrogen-bond acceptors (Lipinski definition) is 2. The highest BCUT2D eigenvalue weighted by molar-refractivity contribution is 9.10. The maximum atomic E-state index is 13.4. The summed E-state index contributed by atoms with van der Waals surface area (Å²) < 4.78 is 13.8. The predicted molar refractivity (Wildman–Crippen MR) is 57.8 cm³/mol. The lowest BCUT2D eigenvalue weighted by Gasteiger charge is -2.07. The van der Waals surface area contributed by atoms with Gasteiger partial charge in [-0.25, -0.2) is 4.39 Å². The summed E-state index contributed by atoms with van der Waals surface area (Å²) in [5, 5.41) is 8.73. The summed E-state index contributed by atoms with van der Waals surface area (Å²) in [5.41, 5.74) is -0.0362. The molecule has 0 amide bonds. The fourth-order valence-electron chi connectivity index (χ4n) is 1.24. The molecule has 0 aliphatic rings. The minimum Gasteiger partial charge on any atom is -0.293 e. The molecule has 0 heterocycles. The number of nitriles is 1. The van der Waals surface area contributed by atoms with Crippen molar-refractivity contribution in [3.05, 3.63) is 34.1 Å². The Labute approximate surface area is 95.8 Å². The van der Waals surface area contributed by atoms with Crippen LogP contribution in [0.25, 0.3) is 0 Å². The molecule has 0 saturated heterocycles. The number of nitrogens with zero attached hydrogens (tertiary/aromatic N) is 1. The van der Waals surface area contributed by atoms with E-state index in [1.165, 1.54) is 12.1 Å². The first-order valence-corrected chi connectivity index (χ1v) is 5.29. The first-order chi connectivity index (χ1) is 7.11. The van der Waals surface area contributed by atoms with Gasteiger partial charge >= 0.3 is 0 Å². The van der Waals surface area contributed by atoms with E-state index < -0.39 is 17.5 Å². The minimum atomic E-state index is -0.779. The van der Waals surface area contributed by atoms with E-state index in [9.17, 15) is 9.18 Å². The zero-order valence-electron chi connectivity index (χ0n) is 8.13. The van der Waals surface area contributed by atoms with Gasteiger partial charge in [-0.3, -0.25) is 4.79 Å². The highest BCUT2D eigenvalue weighted by Gasteiger charge is 2.22. The number of rotatable bonds is 3. The second-order valence-corrected chi connectivity index (χ2v) is 3.91. The van der Waals surface area contributed by atoms with Crippen molar-refractivity contribution in [2.75, 3.05) is 0 Å². The molecule has 1 rings (SSSR count). The number of Topliss-reactive ketones (excluding diaryl/α,β-unsaturated/α-hetero) is 1. The van der Waals surface area contributed by atoms with Gasteiger partial charge in [-0.05, 0) is 34.5 Å². The van der Waals surface area contributed by atoms with Crippen LogP contribution in [0, 0.1) is 23.1 Å². The molecule has 1 aromatic rings. The Balaban J connectivity index is 3.17. The molecule has 0 fully saturated rings. The summed E-state index contributed by atoms with van der Waals surface area (Å²) in [6, 6.07) is 6.17. The summed E-state index contributed by atoms with van der Waals surface area (Å²) in [5.74, 6) is -1.84. The summed E-state index contributed by atoms with van der Waals surface area (Å²) in [6.07, 6.45) is 0.385. The lowest BCUT2D eigenvalue weighted by atomic mass is 9.96. The summed E-state index contributed by atoms with van der Waals surface area (Å²) in [7, 11) is 0. The molecule has 0 spiro atoms. The first kappa shape index (κ1) is 11.9. The van der Waals surface area contributed by atoms with Gasteiger partial charge < -0.3 is 0 Å². The fourth-order valence-corrected chi connectivity index (χ4v) is 1.78. The zero-order valence-corrected chi connectivity index (χ0v) is 9.71. The minimum absolute atomic E-state index is 0.0362. The average Bonchev–Trinajstić information content (AvgIpc) is 2.19. The van der Waals surface area contributed by atoms with E-state index in [2.05, 4.69) is 15.9 Å². The molecule has 1 atom stereocenters. The van der Waals surface area contributed by atoms with E-state index in [4.69, 9.17) is 5.26 Å². The van der Waals surface area contributed by atoms with E-state index in [1.807, 2.05) is 6.07 Å². The van der Waals surface area contributed by atoms with Crippen LogP contribution >= 0.6 is 15.9 Å². The van der Waals surface area contributed by atoms with Gasteiger partial charge in [0.2, 0.25) is 0 Å². The largest absolute Gasteiger partial charge is 0.293 e. The van der Waals surface area contributed by atoms with Crippen molar-refractivity contribution >= 4 is 21.7 Å². The fraction of sp³-hybridized carbons (Fsp3) is 0.273. The zero-order chi connectivity index (χ0) is 11.4. The van der Waals surface area contributed by atoms with Crippen molar-refractivity contribution < 1.29 is 9.18 Å². The molecule has 1 unspecified atom stereocenters. The van der Waals surface area contributed by atoms with Crippen LogP contribution in [0.15, 0.2) is 22.7 Å². The Hall–Kier alpha value is -1.21. The normalized spacial score (nSPS) is 11.9. The van der Waals surface area contributed by atoms with Crippen LogP contribution in [0.2, 0.25) is 0 Å². The van der Waals surface area contributed by atoms with Crippen LogP contribution in [-0.2, 0) is 0 Å². The second-order valence-electron chi connectivity index (χ2n) is 3.05. The maximum Gasteiger partial charge on any atom is 0.184 e. The van der Waals surface area contributed by atoms with Crippen LogP contribution in [0.5, 0.6) is 0 Å². The van der Waals surface area contributed by atoms with Gasteiger partial charge in [0.25, 0.3) is 0 Å². The molecule has 0 N–H and O–H groups in total. The van der Waals surface area contributed by atoms with Gasteiger partial charge in [-0.1, -0.05) is 13.0 Å². The average molecular weight is 270 g/mol. The van der Waals surface area contributed by atoms with Gasteiger partial charge in [-0.2, -0.15) is 5.26 Å². The standard InChI is InChI=1S/C11H9BrFNO/c1-2-7(6-14)11(15)10-8(12)4-3-5-9(10)13/h3-5,7H,2H2,1H3. The molecular weight excluding hydrogens is 261 g/mol. The molecule has 0 aliphatic heterocycles. The number of hydrogen-bond donors (Lipinski definition) is 0. The van der Waals surface area contributed by atoms with Gasteiger partial charge in [0.15, 0.2) is 5.78 Å². The van der Waals surface area contributed by atoms with E-state index in [0.717, 1.165) is 0 Å². The molecule has 0 aromatic heterocycles. The second kappa shape index (κ2) is 5.04. The van der Waals surface area contributed by atoms with Gasteiger partial charge in [-0.15, -0.1) is 0 Å². The van der Waals surface area contributed by atoms with Crippen molar-refractivity contribution in [2.24, 2.45) is 5.92 Å². The number of halogens is 2. The number of carbonyl (C=O) groups is 1. The summed E-state index contributed by atoms with van der Waals surface area (Å²) >= 11 is 3.10. The molecule has 4 heteroatoms. The van der Waals surface area contributed by atoms with E-state index in [1.54, 1.807) is 13.0 Å². The lowest BCUT2D eigenvalue weighted by Crippen LogP contribution is -2.14. The Morgan fingerprint density at radius 2 is 2.33 bits per heavy atom. The van der Waals surface area contributed by atoms with Crippen molar-refractivity contribution in [3.8, 4) is 6.07 Å². The third-order valence-electron chi connectivity index (χ3n) is 2.09.